The lowest BCUT2D eigenvalue weighted by Crippen LogP contribution is -2.33. The summed E-state index contributed by atoms with van der Waals surface area (Å²) in [6.07, 6.45) is 3.87. The summed E-state index contributed by atoms with van der Waals surface area (Å²) in [6, 6.07) is 4.31. The summed E-state index contributed by atoms with van der Waals surface area (Å²) in [5.74, 6) is 0.164. The van der Waals surface area contributed by atoms with Crippen LogP contribution < -0.4 is 10.5 Å². The Kier molecular flexibility index (Phi) is 4.20. The zero-order valence-corrected chi connectivity index (χ0v) is 9.99. The number of likely N-dealkylation sites (tertiary alicyclic amines) is 1. The van der Waals surface area contributed by atoms with Gasteiger partial charge in [0.1, 0.15) is 18.2 Å². The van der Waals surface area contributed by atoms with Gasteiger partial charge >= 0.3 is 0 Å². The third-order valence-electron chi connectivity index (χ3n) is 3.02. The largest absolute Gasteiger partial charge is 0.492 e. The van der Waals surface area contributed by atoms with Crippen molar-refractivity contribution in [3.8, 4) is 5.75 Å². The number of nitrogen functional groups attached to an aromatic ring is 1. The molecule has 0 saturated carbocycles. The Balaban J connectivity index is 1.77. The molecule has 94 valence electrons. The lowest BCUT2D eigenvalue weighted by molar-refractivity contribution is 0.183. The van der Waals surface area contributed by atoms with Gasteiger partial charge in [0.2, 0.25) is 0 Å². The normalized spacial score (nSPS) is 17.0. The number of hydrogen-bond acceptors (Lipinski definition) is 3. The summed E-state index contributed by atoms with van der Waals surface area (Å²) in [4.78, 5) is 2.38. The van der Waals surface area contributed by atoms with E-state index in [0.29, 0.717) is 18.0 Å². The van der Waals surface area contributed by atoms with Gasteiger partial charge in [-0.1, -0.05) is 6.42 Å². The van der Waals surface area contributed by atoms with E-state index in [1.807, 2.05) is 0 Å². The number of rotatable bonds is 4. The summed E-state index contributed by atoms with van der Waals surface area (Å²) in [5, 5.41) is 0. The molecule has 1 aromatic rings. The van der Waals surface area contributed by atoms with Crippen LogP contribution in [0.4, 0.5) is 10.1 Å². The first-order chi connectivity index (χ1) is 8.24. The monoisotopic (exact) mass is 238 g/mol. The molecule has 1 heterocycles. The molecule has 0 spiro atoms. The van der Waals surface area contributed by atoms with E-state index in [2.05, 4.69) is 4.90 Å². The highest BCUT2D eigenvalue weighted by atomic mass is 19.1. The Morgan fingerprint density at radius 2 is 1.94 bits per heavy atom. The molecular weight excluding hydrogens is 219 g/mol. The molecule has 1 aromatic carbocycles. The van der Waals surface area contributed by atoms with Gasteiger partial charge in [-0.15, -0.1) is 0 Å². The molecule has 0 aromatic heterocycles. The van der Waals surface area contributed by atoms with Crippen molar-refractivity contribution < 1.29 is 9.13 Å². The smallest absolute Gasteiger partial charge is 0.128 e. The van der Waals surface area contributed by atoms with Crippen molar-refractivity contribution in [3.63, 3.8) is 0 Å². The number of benzene rings is 1. The van der Waals surface area contributed by atoms with E-state index in [1.165, 1.54) is 31.4 Å². The minimum Gasteiger partial charge on any atom is -0.492 e. The third kappa shape index (κ3) is 3.89. The molecule has 2 N–H and O–H groups in total. The zero-order chi connectivity index (χ0) is 12.1. The number of nitrogens with zero attached hydrogens (tertiary/aromatic N) is 1. The summed E-state index contributed by atoms with van der Waals surface area (Å²) in [5.41, 5.74) is 5.94. The molecule has 17 heavy (non-hydrogen) atoms. The van der Waals surface area contributed by atoms with Crippen molar-refractivity contribution in [2.75, 3.05) is 32.0 Å². The lowest BCUT2D eigenvalue weighted by Gasteiger charge is -2.26. The number of anilines is 1. The van der Waals surface area contributed by atoms with Crippen molar-refractivity contribution in [1.29, 1.82) is 0 Å². The van der Waals surface area contributed by atoms with Gasteiger partial charge in [-0.2, -0.15) is 0 Å². The summed E-state index contributed by atoms with van der Waals surface area (Å²) < 4.78 is 18.5. The molecule has 3 nitrogen and oxygen atoms in total. The van der Waals surface area contributed by atoms with Crippen LogP contribution in [0.15, 0.2) is 18.2 Å². The van der Waals surface area contributed by atoms with Crippen molar-refractivity contribution in [2.24, 2.45) is 0 Å². The SMILES string of the molecule is Nc1cc(F)cc(OCCN2CCCCC2)c1. The van der Waals surface area contributed by atoms with Crippen LogP contribution in [-0.4, -0.2) is 31.1 Å². The maximum Gasteiger partial charge on any atom is 0.128 e. The summed E-state index contributed by atoms with van der Waals surface area (Å²) in [6.45, 7) is 3.78. The van der Waals surface area contributed by atoms with Gasteiger partial charge in [-0.3, -0.25) is 4.90 Å². The first-order valence-corrected chi connectivity index (χ1v) is 6.15. The molecule has 2 rings (SSSR count). The minimum atomic E-state index is -0.349. The van der Waals surface area contributed by atoms with Crippen LogP contribution in [-0.2, 0) is 0 Å². The highest BCUT2D eigenvalue weighted by Crippen LogP contribution is 2.17. The second-order valence-corrected chi connectivity index (χ2v) is 4.47. The average Bonchev–Trinajstić information content (AvgIpc) is 2.29. The Labute approximate surface area is 101 Å². The fourth-order valence-electron chi connectivity index (χ4n) is 2.14. The van der Waals surface area contributed by atoms with Gasteiger partial charge in [-0.05, 0) is 32.0 Å². The van der Waals surface area contributed by atoms with Gasteiger partial charge < -0.3 is 10.5 Å². The number of halogens is 1. The van der Waals surface area contributed by atoms with Gasteiger partial charge in [0.15, 0.2) is 0 Å². The quantitative estimate of drug-likeness (QED) is 0.818. The maximum absolute atomic E-state index is 13.0. The fraction of sp³-hybridized carbons (Fsp3) is 0.538. The van der Waals surface area contributed by atoms with E-state index < -0.39 is 0 Å². The van der Waals surface area contributed by atoms with Gasteiger partial charge in [0, 0.05) is 24.4 Å². The van der Waals surface area contributed by atoms with Crippen LogP contribution in [0.5, 0.6) is 5.75 Å². The highest BCUT2D eigenvalue weighted by Gasteiger charge is 2.09. The molecule has 0 radical (unpaired) electrons. The number of ether oxygens (including phenoxy) is 1. The number of hydrogen-bond donors (Lipinski definition) is 1. The molecular formula is C13H19FN2O. The van der Waals surface area contributed by atoms with Crippen LogP contribution in [0.1, 0.15) is 19.3 Å². The van der Waals surface area contributed by atoms with E-state index >= 15 is 0 Å². The van der Waals surface area contributed by atoms with Crippen molar-refractivity contribution in [2.45, 2.75) is 19.3 Å². The highest BCUT2D eigenvalue weighted by molar-refractivity contribution is 5.44. The van der Waals surface area contributed by atoms with Gasteiger partial charge in [0.05, 0.1) is 0 Å². The predicted octanol–water partition coefficient (Wildman–Crippen LogP) is 2.27. The van der Waals surface area contributed by atoms with Crippen LogP contribution >= 0.6 is 0 Å². The van der Waals surface area contributed by atoms with Crippen LogP contribution in [0.2, 0.25) is 0 Å². The van der Waals surface area contributed by atoms with Gasteiger partial charge in [0.25, 0.3) is 0 Å². The van der Waals surface area contributed by atoms with Crippen LogP contribution in [0.25, 0.3) is 0 Å². The molecule has 1 saturated heterocycles. The molecule has 1 fully saturated rings. The first kappa shape index (κ1) is 12.2. The number of nitrogens with two attached hydrogens (primary N) is 1. The van der Waals surface area contributed by atoms with Crippen molar-refractivity contribution >= 4 is 5.69 Å². The fourth-order valence-corrected chi connectivity index (χ4v) is 2.14. The zero-order valence-electron chi connectivity index (χ0n) is 9.99. The molecule has 0 atom stereocenters. The Bertz CT molecular complexity index is 344. The molecule has 0 unspecified atom stereocenters. The molecule has 0 amide bonds. The van der Waals surface area contributed by atoms with Crippen LogP contribution in [0.3, 0.4) is 0 Å². The first-order valence-electron chi connectivity index (χ1n) is 6.15. The van der Waals surface area contributed by atoms with E-state index in [4.69, 9.17) is 10.5 Å². The lowest BCUT2D eigenvalue weighted by atomic mass is 10.1. The third-order valence-corrected chi connectivity index (χ3v) is 3.02. The second-order valence-electron chi connectivity index (χ2n) is 4.47. The molecule has 1 aliphatic rings. The van der Waals surface area contributed by atoms with E-state index in [1.54, 1.807) is 6.07 Å². The van der Waals surface area contributed by atoms with E-state index in [9.17, 15) is 4.39 Å². The summed E-state index contributed by atoms with van der Waals surface area (Å²) in [7, 11) is 0. The average molecular weight is 238 g/mol. The molecule has 1 aliphatic heterocycles. The molecule has 4 heteroatoms. The van der Waals surface area contributed by atoms with Crippen molar-refractivity contribution in [3.05, 3.63) is 24.0 Å². The Morgan fingerprint density at radius 1 is 1.18 bits per heavy atom. The van der Waals surface area contributed by atoms with E-state index in [0.717, 1.165) is 19.6 Å². The van der Waals surface area contributed by atoms with E-state index in [-0.39, 0.29) is 5.82 Å². The maximum atomic E-state index is 13.0. The molecule has 0 aliphatic carbocycles. The Morgan fingerprint density at radius 3 is 2.65 bits per heavy atom. The second kappa shape index (κ2) is 5.87. The topological polar surface area (TPSA) is 38.5 Å². The van der Waals surface area contributed by atoms with Gasteiger partial charge in [-0.25, -0.2) is 4.39 Å². The van der Waals surface area contributed by atoms with Crippen LogP contribution in [0, 0.1) is 5.82 Å². The Hall–Kier alpha value is -1.29. The molecule has 0 bridgehead atoms. The summed E-state index contributed by atoms with van der Waals surface area (Å²) >= 11 is 0. The standard InChI is InChI=1S/C13H19FN2O/c14-11-8-12(15)10-13(9-11)17-7-6-16-4-2-1-3-5-16/h8-10H,1-7,15H2. The number of piperidine rings is 1. The predicted molar refractivity (Wildman–Crippen MR) is 66.6 cm³/mol. The minimum absolute atomic E-state index is 0.349. The van der Waals surface area contributed by atoms with Crippen molar-refractivity contribution in [1.82, 2.24) is 4.90 Å².